The van der Waals surface area contributed by atoms with Crippen LogP contribution in [0.2, 0.25) is 0 Å². The molecule has 1 aromatic carbocycles. The second-order valence-corrected chi connectivity index (χ2v) is 3.03. The highest BCUT2D eigenvalue weighted by molar-refractivity contribution is 5.56. The molecule has 0 atom stereocenters. The van der Waals surface area contributed by atoms with Crippen molar-refractivity contribution in [2.24, 2.45) is 0 Å². The van der Waals surface area contributed by atoms with Crippen molar-refractivity contribution >= 4 is 6.08 Å². The zero-order chi connectivity index (χ0) is 9.80. The van der Waals surface area contributed by atoms with Crippen LogP contribution in [0.15, 0.2) is 24.3 Å². The Morgan fingerprint density at radius 1 is 1.29 bits per heavy atom. The molecule has 0 aromatic heterocycles. The molecule has 0 radical (unpaired) electrons. The maximum Gasteiger partial charge on any atom is 0.231 e. The van der Waals surface area contributed by atoms with E-state index in [-0.39, 0.29) is 6.61 Å². The molecule has 74 valence electrons. The topological polar surface area (TPSA) is 38.7 Å². The van der Waals surface area contributed by atoms with E-state index in [4.69, 9.17) is 14.6 Å². The number of aliphatic hydroxyl groups is 1. The molecule has 0 unspecified atom stereocenters. The van der Waals surface area contributed by atoms with Gasteiger partial charge in [0.15, 0.2) is 11.5 Å². The predicted octanol–water partition coefficient (Wildman–Crippen LogP) is 1.81. The lowest BCUT2D eigenvalue weighted by atomic mass is 10.2. The monoisotopic (exact) mass is 192 g/mol. The normalized spacial score (nSPS) is 13.8. The van der Waals surface area contributed by atoms with Gasteiger partial charge in [-0.1, -0.05) is 18.2 Å². The smallest absolute Gasteiger partial charge is 0.231 e. The molecule has 1 aromatic rings. The number of hydrogen-bond donors (Lipinski definition) is 1. The van der Waals surface area contributed by atoms with Crippen LogP contribution in [-0.4, -0.2) is 18.5 Å². The third-order valence-electron chi connectivity index (χ3n) is 2.00. The van der Waals surface area contributed by atoms with Crippen molar-refractivity contribution < 1.29 is 14.6 Å². The molecule has 1 aliphatic heterocycles. The molecule has 1 heterocycles. The van der Waals surface area contributed by atoms with E-state index in [0.717, 1.165) is 17.1 Å². The molecule has 1 N–H and O–H groups in total. The first-order chi connectivity index (χ1) is 6.90. The lowest BCUT2D eigenvalue weighted by Gasteiger charge is -1.97. The molecule has 0 spiro atoms. The first kappa shape index (κ1) is 9.09. The lowest BCUT2D eigenvalue weighted by molar-refractivity contribution is 0.174. The zero-order valence-electron chi connectivity index (χ0n) is 7.77. The summed E-state index contributed by atoms with van der Waals surface area (Å²) >= 11 is 0. The van der Waals surface area contributed by atoms with E-state index in [9.17, 15) is 0 Å². The number of fused-ring (bicyclic) bond motifs is 1. The van der Waals surface area contributed by atoms with Gasteiger partial charge in [-0.15, -0.1) is 0 Å². The Labute approximate surface area is 82.6 Å². The van der Waals surface area contributed by atoms with Crippen molar-refractivity contribution in [1.82, 2.24) is 0 Å². The largest absolute Gasteiger partial charge is 0.454 e. The highest BCUT2D eigenvalue weighted by Crippen LogP contribution is 2.32. The van der Waals surface area contributed by atoms with E-state index in [1.165, 1.54) is 0 Å². The van der Waals surface area contributed by atoms with Gasteiger partial charge in [0.1, 0.15) is 0 Å². The van der Waals surface area contributed by atoms with Crippen LogP contribution in [-0.2, 0) is 0 Å². The Hall–Kier alpha value is -1.48. The number of ether oxygens (including phenoxy) is 2. The lowest BCUT2D eigenvalue weighted by Crippen LogP contribution is -1.92. The van der Waals surface area contributed by atoms with E-state index >= 15 is 0 Å². The van der Waals surface area contributed by atoms with E-state index < -0.39 is 0 Å². The van der Waals surface area contributed by atoms with Crippen molar-refractivity contribution in [3.63, 3.8) is 0 Å². The highest BCUT2D eigenvalue weighted by atomic mass is 16.7. The summed E-state index contributed by atoms with van der Waals surface area (Å²) < 4.78 is 10.4. The molecule has 0 saturated heterocycles. The Bertz CT molecular complexity index is 344. The van der Waals surface area contributed by atoms with Crippen LogP contribution in [0.25, 0.3) is 6.08 Å². The minimum Gasteiger partial charge on any atom is -0.454 e. The molecule has 0 amide bonds. The third-order valence-corrected chi connectivity index (χ3v) is 2.00. The maximum absolute atomic E-state index is 8.60. The summed E-state index contributed by atoms with van der Waals surface area (Å²) in [6.07, 6.45) is 4.56. The third kappa shape index (κ3) is 1.88. The van der Waals surface area contributed by atoms with Gasteiger partial charge in [0.2, 0.25) is 6.79 Å². The Morgan fingerprint density at radius 2 is 2.14 bits per heavy atom. The van der Waals surface area contributed by atoms with Gasteiger partial charge in [0.05, 0.1) is 0 Å². The molecular weight excluding hydrogens is 180 g/mol. The molecule has 2 rings (SSSR count). The molecule has 0 saturated carbocycles. The highest BCUT2D eigenvalue weighted by Gasteiger charge is 2.11. The predicted molar refractivity (Wildman–Crippen MR) is 53.3 cm³/mol. The van der Waals surface area contributed by atoms with E-state index in [1.807, 2.05) is 30.4 Å². The van der Waals surface area contributed by atoms with Crippen LogP contribution in [0.4, 0.5) is 0 Å². The van der Waals surface area contributed by atoms with Crippen molar-refractivity contribution in [2.75, 3.05) is 13.4 Å². The zero-order valence-corrected chi connectivity index (χ0v) is 7.77. The second-order valence-electron chi connectivity index (χ2n) is 3.03. The fourth-order valence-corrected chi connectivity index (χ4v) is 1.31. The average Bonchev–Trinajstić information content (AvgIpc) is 2.65. The minimum atomic E-state index is 0.182. The van der Waals surface area contributed by atoms with Gasteiger partial charge in [-0.05, 0) is 24.1 Å². The Balaban J connectivity index is 2.12. The number of aliphatic hydroxyl groups excluding tert-OH is 1. The summed E-state index contributed by atoms with van der Waals surface area (Å²) in [5, 5.41) is 8.60. The van der Waals surface area contributed by atoms with Crippen molar-refractivity contribution in [1.29, 1.82) is 0 Å². The first-order valence-electron chi connectivity index (χ1n) is 4.57. The van der Waals surface area contributed by atoms with E-state index in [1.54, 1.807) is 0 Å². The number of rotatable bonds is 3. The Kier molecular flexibility index (Phi) is 2.70. The summed E-state index contributed by atoms with van der Waals surface area (Å²) in [4.78, 5) is 0. The van der Waals surface area contributed by atoms with Crippen LogP contribution in [0.3, 0.4) is 0 Å². The molecule has 3 nitrogen and oxygen atoms in total. The number of hydrogen-bond acceptors (Lipinski definition) is 3. The maximum atomic E-state index is 8.60. The van der Waals surface area contributed by atoms with Crippen LogP contribution in [0.5, 0.6) is 11.5 Å². The summed E-state index contributed by atoms with van der Waals surface area (Å²) in [6, 6.07) is 5.78. The standard InChI is InChI=1S/C11H12O3/c12-6-2-1-3-9-4-5-10-11(7-9)14-8-13-10/h1,3-5,7,12H,2,6,8H2/b3-1+. The van der Waals surface area contributed by atoms with Gasteiger partial charge in [-0.25, -0.2) is 0 Å². The average molecular weight is 192 g/mol. The molecule has 0 aliphatic carbocycles. The van der Waals surface area contributed by atoms with Gasteiger partial charge in [0.25, 0.3) is 0 Å². The van der Waals surface area contributed by atoms with Gasteiger partial charge < -0.3 is 14.6 Å². The molecule has 3 heteroatoms. The quantitative estimate of drug-likeness (QED) is 0.793. The van der Waals surface area contributed by atoms with Crippen molar-refractivity contribution in [3.8, 4) is 11.5 Å². The SMILES string of the molecule is OCC/C=C/c1ccc2c(c1)OCO2. The van der Waals surface area contributed by atoms with E-state index in [2.05, 4.69) is 0 Å². The summed E-state index contributed by atoms with van der Waals surface area (Å²) in [7, 11) is 0. The fraction of sp³-hybridized carbons (Fsp3) is 0.273. The molecule has 14 heavy (non-hydrogen) atoms. The molecular formula is C11H12O3. The Morgan fingerprint density at radius 3 is 3.00 bits per heavy atom. The molecule has 0 bridgehead atoms. The van der Waals surface area contributed by atoms with Gasteiger partial charge in [0, 0.05) is 6.61 Å². The van der Waals surface area contributed by atoms with Crippen LogP contribution in [0.1, 0.15) is 12.0 Å². The van der Waals surface area contributed by atoms with E-state index in [0.29, 0.717) is 13.2 Å². The van der Waals surface area contributed by atoms with Crippen molar-refractivity contribution in [2.45, 2.75) is 6.42 Å². The van der Waals surface area contributed by atoms with Crippen LogP contribution in [0, 0.1) is 0 Å². The van der Waals surface area contributed by atoms with Crippen LogP contribution >= 0.6 is 0 Å². The van der Waals surface area contributed by atoms with Gasteiger partial charge >= 0.3 is 0 Å². The van der Waals surface area contributed by atoms with Crippen molar-refractivity contribution in [3.05, 3.63) is 29.8 Å². The summed E-state index contributed by atoms with van der Waals surface area (Å²) in [6.45, 7) is 0.486. The van der Waals surface area contributed by atoms with Gasteiger partial charge in [-0.3, -0.25) is 0 Å². The summed E-state index contributed by atoms with van der Waals surface area (Å²) in [5.74, 6) is 1.58. The molecule has 0 fully saturated rings. The summed E-state index contributed by atoms with van der Waals surface area (Å²) in [5.41, 5.74) is 1.06. The fourth-order valence-electron chi connectivity index (χ4n) is 1.31. The number of benzene rings is 1. The minimum absolute atomic E-state index is 0.182. The first-order valence-corrected chi connectivity index (χ1v) is 4.57. The van der Waals surface area contributed by atoms with Gasteiger partial charge in [-0.2, -0.15) is 0 Å². The molecule has 1 aliphatic rings. The van der Waals surface area contributed by atoms with Crippen LogP contribution < -0.4 is 9.47 Å². The second kappa shape index (κ2) is 4.15.